The summed E-state index contributed by atoms with van der Waals surface area (Å²) in [4.78, 5) is 16.0. The molecule has 0 aliphatic heterocycles. The lowest BCUT2D eigenvalue weighted by molar-refractivity contribution is -0.387. The van der Waals surface area contributed by atoms with Crippen LogP contribution in [0.2, 0.25) is 0 Å². The third kappa shape index (κ3) is 4.85. The summed E-state index contributed by atoms with van der Waals surface area (Å²) in [5.74, 6) is 1.24. The molecule has 8 heteroatoms. The van der Waals surface area contributed by atoms with Crippen LogP contribution in [0.5, 0.6) is 11.5 Å². The Balaban J connectivity index is 2.03. The Hall–Kier alpha value is -3.52. The molecule has 0 unspecified atom stereocenters. The highest BCUT2D eigenvalue weighted by molar-refractivity contribution is 8.01. The number of methoxy groups -OCH3 is 2. The fraction of sp³-hybridized carbons (Fsp3) is 0.0952. The second-order valence-electron chi connectivity index (χ2n) is 5.73. The largest absolute Gasteiger partial charge is 0.495 e. The van der Waals surface area contributed by atoms with Gasteiger partial charge in [-0.25, -0.2) is 4.99 Å². The van der Waals surface area contributed by atoms with Crippen LogP contribution in [-0.2, 0) is 0 Å². The molecule has 3 aromatic rings. The first kappa shape index (κ1) is 20.2. The highest BCUT2D eigenvalue weighted by atomic mass is 32.2. The lowest BCUT2D eigenvalue weighted by Crippen LogP contribution is -2.13. The SMILES string of the molecule is COc1ccccc1N=CN(Sc1ccccc1[N+](=O)[O-])c1ccccc1OC. The van der Waals surface area contributed by atoms with E-state index in [4.69, 9.17) is 9.47 Å². The molecule has 0 aromatic heterocycles. The molecule has 29 heavy (non-hydrogen) atoms. The third-order valence-corrected chi connectivity index (χ3v) is 5.00. The highest BCUT2D eigenvalue weighted by Gasteiger charge is 2.19. The van der Waals surface area contributed by atoms with Gasteiger partial charge in [0.1, 0.15) is 28.4 Å². The van der Waals surface area contributed by atoms with Crippen LogP contribution in [0.4, 0.5) is 17.1 Å². The van der Waals surface area contributed by atoms with Crippen molar-refractivity contribution in [3.05, 3.63) is 82.9 Å². The van der Waals surface area contributed by atoms with E-state index in [2.05, 4.69) is 4.99 Å². The van der Waals surface area contributed by atoms with Crippen molar-refractivity contribution in [1.82, 2.24) is 0 Å². The molecule has 7 nitrogen and oxygen atoms in total. The lowest BCUT2D eigenvalue weighted by Gasteiger charge is -2.20. The van der Waals surface area contributed by atoms with Gasteiger partial charge in [0.05, 0.1) is 24.8 Å². The maximum atomic E-state index is 11.4. The average molecular weight is 409 g/mol. The van der Waals surface area contributed by atoms with Crippen LogP contribution in [-0.4, -0.2) is 25.5 Å². The summed E-state index contributed by atoms with van der Waals surface area (Å²) in [5, 5.41) is 11.4. The van der Waals surface area contributed by atoms with Gasteiger partial charge in [-0.1, -0.05) is 36.4 Å². The normalized spacial score (nSPS) is 10.7. The van der Waals surface area contributed by atoms with Gasteiger partial charge >= 0.3 is 0 Å². The van der Waals surface area contributed by atoms with E-state index in [1.54, 1.807) is 43.1 Å². The monoisotopic (exact) mass is 409 g/mol. The number of ether oxygens (including phenoxy) is 2. The lowest BCUT2D eigenvalue weighted by atomic mass is 10.3. The van der Waals surface area contributed by atoms with E-state index in [9.17, 15) is 10.1 Å². The number of hydrogen-bond acceptors (Lipinski definition) is 6. The van der Waals surface area contributed by atoms with Crippen molar-refractivity contribution in [2.75, 3.05) is 18.5 Å². The predicted molar refractivity (Wildman–Crippen MR) is 116 cm³/mol. The maximum Gasteiger partial charge on any atom is 0.284 e. The van der Waals surface area contributed by atoms with Crippen molar-refractivity contribution in [2.45, 2.75) is 4.90 Å². The van der Waals surface area contributed by atoms with Gasteiger partial charge in [-0.3, -0.25) is 14.4 Å². The first-order valence-corrected chi connectivity index (χ1v) is 9.42. The smallest absolute Gasteiger partial charge is 0.284 e. The average Bonchev–Trinajstić information content (AvgIpc) is 2.77. The molecular formula is C21H19N3O4S. The molecule has 0 aliphatic carbocycles. The Morgan fingerprint density at radius 1 is 0.931 bits per heavy atom. The zero-order chi connectivity index (χ0) is 20.6. The molecule has 0 bridgehead atoms. The maximum absolute atomic E-state index is 11.4. The van der Waals surface area contributed by atoms with E-state index >= 15 is 0 Å². The Morgan fingerprint density at radius 3 is 2.28 bits per heavy atom. The van der Waals surface area contributed by atoms with Crippen LogP contribution >= 0.6 is 11.9 Å². The van der Waals surface area contributed by atoms with Crippen molar-refractivity contribution >= 4 is 35.3 Å². The predicted octanol–water partition coefficient (Wildman–Crippen LogP) is 5.49. The van der Waals surface area contributed by atoms with Crippen LogP contribution in [0.1, 0.15) is 0 Å². The number of nitro benzene ring substituents is 1. The molecule has 3 rings (SSSR count). The van der Waals surface area contributed by atoms with Crippen molar-refractivity contribution in [3.8, 4) is 11.5 Å². The summed E-state index contributed by atoms with van der Waals surface area (Å²) in [6.45, 7) is 0. The third-order valence-electron chi connectivity index (χ3n) is 3.97. The highest BCUT2D eigenvalue weighted by Crippen LogP contribution is 2.38. The van der Waals surface area contributed by atoms with E-state index in [1.165, 1.54) is 18.0 Å². The van der Waals surface area contributed by atoms with Crippen molar-refractivity contribution < 1.29 is 14.4 Å². The second-order valence-corrected chi connectivity index (χ2v) is 6.75. The molecule has 0 saturated carbocycles. The summed E-state index contributed by atoms with van der Waals surface area (Å²) in [6.07, 6.45) is 1.59. The number of aliphatic imine (C=N–C) groups is 1. The van der Waals surface area contributed by atoms with Gasteiger partial charge in [0, 0.05) is 18.0 Å². The molecule has 0 aliphatic rings. The van der Waals surface area contributed by atoms with Gasteiger partial charge in [-0.2, -0.15) is 0 Å². The molecule has 0 heterocycles. The summed E-state index contributed by atoms with van der Waals surface area (Å²) in [7, 11) is 3.15. The van der Waals surface area contributed by atoms with Crippen molar-refractivity contribution in [3.63, 3.8) is 0 Å². The number of benzene rings is 3. The fourth-order valence-electron chi connectivity index (χ4n) is 2.59. The number of hydrogen-bond donors (Lipinski definition) is 0. The zero-order valence-electron chi connectivity index (χ0n) is 15.9. The van der Waals surface area contributed by atoms with E-state index in [-0.39, 0.29) is 5.69 Å². The number of rotatable bonds is 8. The number of nitro groups is 1. The Labute approximate surface area is 172 Å². The fourth-order valence-corrected chi connectivity index (χ4v) is 3.52. The second kappa shape index (κ2) is 9.61. The van der Waals surface area contributed by atoms with E-state index in [0.29, 0.717) is 27.8 Å². The van der Waals surface area contributed by atoms with Gasteiger partial charge in [0.2, 0.25) is 0 Å². The summed E-state index contributed by atoms with van der Waals surface area (Å²) in [5.41, 5.74) is 1.36. The topological polar surface area (TPSA) is 77.2 Å². The molecule has 0 saturated heterocycles. The molecule has 0 spiro atoms. The molecule has 0 atom stereocenters. The Morgan fingerprint density at radius 2 is 1.55 bits per heavy atom. The standard InChI is InChI=1S/C21H19N3O4S/c1-27-19-12-6-3-9-16(19)22-15-23(17-10-4-7-13-20(17)28-2)29-21-14-8-5-11-18(21)24(25)26/h3-15H,1-2H3. The van der Waals surface area contributed by atoms with Crippen molar-refractivity contribution in [1.29, 1.82) is 0 Å². The number of para-hydroxylation sites is 5. The molecule has 148 valence electrons. The van der Waals surface area contributed by atoms with Gasteiger partial charge in [-0.15, -0.1) is 0 Å². The summed E-state index contributed by atoms with van der Waals surface area (Å²) < 4.78 is 12.5. The molecule has 0 N–H and O–H groups in total. The van der Waals surface area contributed by atoms with E-state index in [0.717, 1.165) is 0 Å². The van der Waals surface area contributed by atoms with Crippen LogP contribution in [0.25, 0.3) is 0 Å². The quantitative estimate of drug-likeness (QED) is 0.161. The van der Waals surface area contributed by atoms with Crippen LogP contribution < -0.4 is 13.8 Å². The summed E-state index contributed by atoms with van der Waals surface area (Å²) in [6, 6.07) is 21.3. The number of anilines is 1. The molecule has 0 amide bonds. The Bertz CT molecular complexity index is 1030. The van der Waals surface area contributed by atoms with Crippen LogP contribution in [0.3, 0.4) is 0 Å². The first-order chi connectivity index (χ1) is 14.1. The van der Waals surface area contributed by atoms with Crippen LogP contribution in [0.15, 0.2) is 82.7 Å². The van der Waals surface area contributed by atoms with E-state index in [1.807, 2.05) is 48.5 Å². The van der Waals surface area contributed by atoms with Gasteiger partial charge in [0.25, 0.3) is 5.69 Å². The van der Waals surface area contributed by atoms with Crippen LogP contribution in [0, 0.1) is 10.1 Å². The van der Waals surface area contributed by atoms with E-state index < -0.39 is 4.92 Å². The molecule has 0 radical (unpaired) electrons. The van der Waals surface area contributed by atoms with Gasteiger partial charge < -0.3 is 9.47 Å². The zero-order valence-corrected chi connectivity index (χ0v) is 16.7. The summed E-state index contributed by atoms with van der Waals surface area (Å²) >= 11 is 1.18. The molecular weight excluding hydrogens is 390 g/mol. The minimum absolute atomic E-state index is 0.0167. The molecule has 3 aromatic carbocycles. The Kier molecular flexibility index (Phi) is 6.70. The molecule has 0 fully saturated rings. The van der Waals surface area contributed by atoms with Gasteiger partial charge in [0.15, 0.2) is 0 Å². The first-order valence-electron chi connectivity index (χ1n) is 8.65. The van der Waals surface area contributed by atoms with Crippen molar-refractivity contribution in [2.24, 2.45) is 4.99 Å². The van der Waals surface area contributed by atoms with Gasteiger partial charge in [-0.05, 0) is 30.3 Å². The minimum atomic E-state index is -0.403. The number of nitrogens with zero attached hydrogens (tertiary/aromatic N) is 3. The minimum Gasteiger partial charge on any atom is -0.495 e.